The minimum Gasteiger partial charge on any atom is -0.390 e. The third-order valence-corrected chi connectivity index (χ3v) is 3.71. The molecule has 1 aliphatic heterocycles. The first kappa shape index (κ1) is 13.1. The van der Waals surface area contributed by atoms with E-state index in [2.05, 4.69) is 44.9 Å². The molecule has 0 aliphatic carbocycles. The first-order chi connectivity index (χ1) is 8.24. The van der Waals surface area contributed by atoms with E-state index < -0.39 is 0 Å². The highest BCUT2D eigenvalue weighted by Gasteiger charge is 2.15. The Bertz CT molecular complexity index is 353. The lowest BCUT2D eigenvalue weighted by Gasteiger charge is -2.20. The van der Waals surface area contributed by atoms with E-state index in [1.165, 1.54) is 16.4 Å². The van der Waals surface area contributed by atoms with Crippen LogP contribution in [0.25, 0.3) is 0 Å². The van der Waals surface area contributed by atoms with Crippen molar-refractivity contribution in [3.05, 3.63) is 27.8 Å². The maximum atomic E-state index is 9.93. The summed E-state index contributed by atoms with van der Waals surface area (Å²) in [5.41, 5.74) is 1.08. The highest BCUT2D eigenvalue weighted by molar-refractivity contribution is 14.1. The number of aliphatic hydroxyl groups excluding tert-OH is 1. The van der Waals surface area contributed by atoms with E-state index in [4.69, 9.17) is 0 Å². The van der Waals surface area contributed by atoms with Crippen LogP contribution in [-0.4, -0.2) is 42.3 Å². The van der Waals surface area contributed by atoms with E-state index in [1.807, 2.05) is 12.1 Å². The second-order valence-electron chi connectivity index (χ2n) is 4.55. The van der Waals surface area contributed by atoms with E-state index in [9.17, 15) is 5.11 Å². The Hall–Kier alpha value is -0.330. The van der Waals surface area contributed by atoms with Crippen molar-refractivity contribution in [3.63, 3.8) is 0 Å². The maximum absolute atomic E-state index is 9.93. The van der Waals surface area contributed by atoms with Crippen LogP contribution in [0.5, 0.6) is 0 Å². The molecule has 1 aliphatic rings. The largest absolute Gasteiger partial charge is 0.390 e. The van der Waals surface area contributed by atoms with Crippen LogP contribution in [0.4, 0.5) is 5.69 Å². The molecule has 94 valence electrons. The molecule has 0 bridgehead atoms. The summed E-state index contributed by atoms with van der Waals surface area (Å²) in [4.78, 5) is 2.33. The van der Waals surface area contributed by atoms with Gasteiger partial charge in [0.05, 0.1) is 6.10 Å². The molecule has 1 heterocycles. The Morgan fingerprint density at radius 3 is 2.82 bits per heavy atom. The van der Waals surface area contributed by atoms with E-state index in [1.54, 1.807) is 0 Å². The molecule has 1 atom stereocenters. The van der Waals surface area contributed by atoms with Crippen LogP contribution in [0.2, 0.25) is 0 Å². The summed E-state index contributed by atoms with van der Waals surface area (Å²) in [6, 6.07) is 8.21. The van der Waals surface area contributed by atoms with Crippen molar-refractivity contribution < 1.29 is 5.11 Å². The summed E-state index contributed by atoms with van der Waals surface area (Å²) < 4.78 is 1.21. The van der Waals surface area contributed by atoms with E-state index in [0.717, 1.165) is 25.3 Å². The standard InChI is InChI=1S/C13H19IN2O/c14-11-4-3-5-12(8-11)15-9-13(17)10-16-6-1-2-7-16/h3-5,8,13,15,17H,1-2,6-7,9-10H2. The van der Waals surface area contributed by atoms with Crippen LogP contribution in [0, 0.1) is 3.57 Å². The smallest absolute Gasteiger partial charge is 0.0839 e. The highest BCUT2D eigenvalue weighted by Crippen LogP contribution is 2.13. The average molecular weight is 346 g/mol. The van der Waals surface area contributed by atoms with Crippen molar-refractivity contribution >= 4 is 28.3 Å². The summed E-state index contributed by atoms with van der Waals surface area (Å²) in [5, 5.41) is 13.2. The lowest BCUT2D eigenvalue weighted by Crippen LogP contribution is -2.34. The normalized spacial score (nSPS) is 18.2. The van der Waals surface area contributed by atoms with Gasteiger partial charge in [-0.3, -0.25) is 0 Å². The Morgan fingerprint density at radius 1 is 1.35 bits per heavy atom. The van der Waals surface area contributed by atoms with Crippen LogP contribution in [-0.2, 0) is 0 Å². The molecule has 0 saturated carbocycles. The topological polar surface area (TPSA) is 35.5 Å². The molecule has 4 heteroatoms. The first-order valence-corrected chi connectivity index (χ1v) is 7.22. The van der Waals surface area contributed by atoms with E-state index in [0.29, 0.717) is 6.54 Å². The Kier molecular flexibility index (Phi) is 5.06. The summed E-state index contributed by atoms with van der Waals surface area (Å²) >= 11 is 2.29. The lowest BCUT2D eigenvalue weighted by molar-refractivity contribution is 0.135. The first-order valence-electron chi connectivity index (χ1n) is 6.14. The number of aliphatic hydroxyl groups is 1. The zero-order valence-electron chi connectivity index (χ0n) is 9.90. The van der Waals surface area contributed by atoms with Gasteiger partial charge in [0.1, 0.15) is 0 Å². The molecule has 0 amide bonds. The third kappa shape index (κ3) is 4.44. The number of rotatable bonds is 5. The molecule has 0 aromatic heterocycles. The number of nitrogens with zero attached hydrogens (tertiary/aromatic N) is 1. The van der Waals surface area contributed by atoms with Gasteiger partial charge in [-0.25, -0.2) is 0 Å². The van der Waals surface area contributed by atoms with Gasteiger partial charge in [-0.05, 0) is 66.7 Å². The second-order valence-corrected chi connectivity index (χ2v) is 5.80. The molecule has 0 spiro atoms. The number of halogens is 1. The molecule has 0 radical (unpaired) electrons. The summed E-state index contributed by atoms with van der Waals surface area (Å²) in [6.45, 7) is 3.69. The Labute approximate surface area is 116 Å². The molecule has 1 unspecified atom stereocenters. The SMILES string of the molecule is OC(CNc1cccc(I)c1)CN1CCCC1. The molecular formula is C13H19IN2O. The number of hydrogen-bond donors (Lipinski definition) is 2. The molecule has 17 heavy (non-hydrogen) atoms. The number of anilines is 1. The minimum atomic E-state index is -0.286. The fourth-order valence-corrected chi connectivity index (χ4v) is 2.70. The predicted octanol–water partition coefficient (Wildman–Crippen LogP) is 2.16. The molecule has 1 aromatic rings. The number of benzene rings is 1. The van der Waals surface area contributed by atoms with Crippen molar-refractivity contribution in [3.8, 4) is 0 Å². The van der Waals surface area contributed by atoms with Crippen molar-refractivity contribution in [1.82, 2.24) is 4.90 Å². The number of likely N-dealkylation sites (tertiary alicyclic amines) is 1. The maximum Gasteiger partial charge on any atom is 0.0839 e. The Morgan fingerprint density at radius 2 is 2.12 bits per heavy atom. The van der Waals surface area contributed by atoms with Crippen molar-refractivity contribution in [2.75, 3.05) is 31.5 Å². The summed E-state index contributed by atoms with van der Waals surface area (Å²) in [7, 11) is 0. The molecular weight excluding hydrogens is 327 g/mol. The Balaban J connectivity index is 1.73. The molecule has 1 saturated heterocycles. The molecule has 2 rings (SSSR count). The molecule has 1 aromatic carbocycles. The van der Waals surface area contributed by atoms with Gasteiger partial charge < -0.3 is 15.3 Å². The van der Waals surface area contributed by atoms with Crippen molar-refractivity contribution in [1.29, 1.82) is 0 Å². The molecule has 2 N–H and O–H groups in total. The van der Waals surface area contributed by atoms with Crippen LogP contribution in [0.15, 0.2) is 24.3 Å². The van der Waals surface area contributed by atoms with E-state index >= 15 is 0 Å². The highest BCUT2D eigenvalue weighted by atomic mass is 127. The third-order valence-electron chi connectivity index (χ3n) is 3.03. The van der Waals surface area contributed by atoms with Gasteiger partial charge >= 0.3 is 0 Å². The van der Waals surface area contributed by atoms with Gasteiger partial charge in [-0.1, -0.05) is 6.07 Å². The van der Waals surface area contributed by atoms with Gasteiger partial charge in [0.15, 0.2) is 0 Å². The van der Waals surface area contributed by atoms with Gasteiger partial charge in [-0.15, -0.1) is 0 Å². The predicted molar refractivity (Wildman–Crippen MR) is 79.3 cm³/mol. The van der Waals surface area contributed by atoms with Gasteiger partial charge in [0, 0.05) is 22.3 Å². The van der Waals surface area contributed by atoms with Crippen LogP contribution >= 0.6 is 22.6 Å². The molecule has 1 fully saturated rings. The van der Waals surface area contributed by atoms with Gasteiger partial charge in [0.2, 0.25) is 0 Å². The molecule has 3 nitrogen and oxygen atoms in total. The van der Waals surface area contributed by atoms with Crippen LogP contribution in [0.3, 0.4) is 0 Å². The number of nitrogens with one attached hydrogen (secondary N) is 1. The monoisotopic (exact) mass is 346 g/mol. The van der Waals surface area contributed by atoms with Gasteiger partial charge in [-0.2, -0.15) is 0 Å². The number of β-amino-alcohol motifs (C(OH)–C–C–N with tert-alkyl or cyclic N) is 1. The minimum absolute atomic E-state index is 0.286. The van der Waals surface area contributed by atoms with Crippen molar-refractivity contribution in [2.45, 2.75) is 18.9 Å². The van der Waals surface area contributed by atoms with Gasteiger partial charge in [0.25, 0.3) is 0 Å². The zero-order chi connectivity index (χ0) is 12.1. The second kappa shape index (κ2) is 6.56. The fraction of sp³-hybridized carbons (Fsp3) is 0.538. The van der Waals surface area contributed by atoms with E-state index in [-0.39, 0.29) is 6.10 Å². The number of hydrogen-bond acceptors (Lipinski definition) is 3. The summed E-state index contributed by atoms with van der Waals surface area (Å²) in [5.74, 6) is 0. The van der Waals surface area contributed by atoms with Crippen molar-refractivity contribution in [2.24, 2.45) is 0 Å². The van der Waals surface area contributed by atoms with Crippen LogP contribution < -0.4 is 5.32 Å². The quantitative estimate of drug-likeness (QED) is 0.803. The lowest BCUT2D eigenvalue weighted by atomic mass is 10.3. The van der Waals surface area contributed by atoms with Crippen LogP contribution in [0.1, 0.15) is 12.8 Å². The summed E-state index contributed by atoms with van der Waals surface area (Å²) in [6.07, 6.45) is 2.26. The zero-order valence-corrected chi connectivity index (χ0v) is 12.1. The average Bonchev–Trinajstić information content (AvgIpc) is 2.79. The fourth-order valence-electron chi connectivity index (χ4n) is 2.16.